The molecule has 1 amide bonds. The normalized spacial score (nSPS) is 15.7. The minimum atomic E-state index is 0.258. The number of nitrogens with zero attached hydrogens (tertiary/aromatic N) is 2. The zero-order chi connectivity index (χ0) is 16.9. The molecule has 0 aliphatic carbocycles. The molecule has 4 heteroatoms. The van der Waals surface area contributed by atoms with Crippen LogP contribution in [0, 0.1) is 19.8 Å². The Morgan fingerprint density at radius 1 is 1.21 bits per heavy atom. The monoisotopic (exact) mass is 326 g/mol. The molecular weight excluding hydrogens is 300 g/mol. The van der Waals surface area contributed by atoms with Crippen LogP contribution in [-0.2, 0) is 17.6 Å². The van der Waals surface area contributed by atoms with Crippen LogP contribution in [0.25, 0.3) is 0 Å². The molecule has 3 rings (SSSR count). The summed E-state index contributed by atoms with van der Waals surface area (Å²) in [6.07, 6.45) is 4.61. The van der Waals surface area contributed by atoms with Crippen LogP contribution in [0.15, 0.2) is 34.9 Å². The highest BCUT2D eigenvalue weighted by Gasteiger charge is 2.23. The van der Waals surface area contributed by atoms with Gasteiger partial charge in [-0.15, -0.1) is 0 Å². The third kappa shape index (κ3) is 4.05. The average molecular weight is 326 g/mol. The molecule has 2 aromatic rings. The van der Waals surface area contributed by atoms with E-state index in [-0.39, 0.29) is 5.91 Å². The van der Waals surface area contributed by atoms with Crippen molar-refractivity contribution in [3.05, 3.63) is 52.9 Å². The third-order valence-corrected chi connectivity index (χ3v) is 5.10. The quantitative estimate of drug-likeness (QED) is 0.841. The first-order valence-corrected chi connectivity index (χ1v) is 8.87. The number of hydrogen-bond acceptors (Lipinski definition) is 3. The molecule has 24 heavy (non-hydrogen) atoms. The molecule has 1 saturated heterocycles. The summed E-state index contributed by atoms with van der Waals surface area (Å²) in [5.41, 5.74) is 3.39. The highest BCUT2D eigenvalue weighted by molar-refractivity contribution is 5.76. The lowest BCUT2D eigenvalue weighted by atomic mass is 9.90. The van der Waals surface area contributed by atoms with Gasteiger partial charge in [-0.3, -0.25) is 4.79 Å². The summed E-state index contributed by atoms with van der Waals surface area (Å²) in [6.45, 7) is 5.62. The van der Waals surface area contributed by atoms with Crippen molar-refractivity contribution in [3.63, 3.8) is 0 Å². The van der Waals surface area contributed by atoms with Gasteiger partial charge >= 0.3 is 0 Å². The van der Waals surface area contributed by atoms with Crippen molar-refractivity contribution >= 4 is 5.91 Å². The predicted octanol–water partition coefficient (Wildman–Crippen LogP) is 3.71. The van der Waals surface area contributed by atoms with E-state index in [1.807, 2.05) is 18.7 Å². The van der Waals surface area contributed by atoms with Gasteiger partial charge in [0.1, 0.15) is 5.76 Å². The second-order valence-corrected chi connectivity index (χ2v) is 6.82. The number of carbonyl (C=O) groups excluding carboxylic acids is 1. The maximum atomic E-state index is 12.5. The van der Waals surface area contributed by atoms with Crippen molar-refractivity contribution in [2.75, 3.05) is 13.1 Å². The lowest BCUT2D eigenvalue weighted by Gasteiger charge is -2.32. The molecule has 1 aromatic carbocycles. The Hall–Kier alpha value is -2.10. The van der Waals surface area contributed by atoms with E-state index in [2.05, 4.69) is 35.5 Å². The summed E-state index contributed by atoms with van der Waals surface area (Å²) in [4.78, 5) is 14.5. The Bertz CT molecular complexity index is 651. The third-order valence-electron chi connectivity index (χ3n) is 5.10. The number of rotatable bonds is 5. The standard InChI is InChI=1S/C20H26N2O2/c1-15-19(16(2)24-21-15)8-9-20(23)22-12-10-18(11-13-22)14-17-6-4-3-5-7-17/h3-7,18H,8-14H2,1-2H3. The van der Waals surface area contributed by atoms with Gasteiger partial charge in [0.2, 0.25) is 5.91 Å². The largest absolute Gasteiger partial charge is 0.361 e. The Morgan fingerprint density at radius 2 is 1.92 bits per heavy atom. The van der Waals surface area contributed by atoms with Crippen LogP contribution in [-0.4, -0.2) is 29.1 Å². The first-order chi connectivity index (χ1) is 11.6. The number of hydrogen-bond donors (Lipinski definition) is 0. The van der Waals surface area contributed by atoms with Crippen LogP contribution < -0.4 is 0 Å². The fourth-order valence-corrected chi connectivity index (χ4v) is 3.58. The van der Waals surface area contributed by atoms with Crippen LogP contribution in [0.5, 0.6) is 0 Å². The summed E-state index contributed by atoms with van der Waals surface area (Å²) in [5.74, 6) is 1.79. The molecule has 128 valence electrons. The van der Waals surface area contributed by atoms with E-state index in [0.29, 0.717) is 12.3 Å². The van der Waals surface area contributed by atoms with Gasteiger partial charge in [0.15, 0.2) is 0 Å². The number of benzene rings is 1. The van der Waals surface area contributed by atoms with Gasteiger partial charge in [0, 0.05) is 25.1 Å². The lowest BCUT2D eigenvalue weighted by molar-refractivity contribution is -0.132. The van der Waals surface area contributed by atoms with Crippen molar-refractivity contribution in [1.82, 2.24) is 10.1 Å². The predicted molar refractivity (Wildman–Crippen MR) is 93.7 cm³/mol. The molecule has 0 radical (unpaired) electrons. The lowest BCUT2D eigenvalue weighted by Crippen LogP contribution is -2.39. The van der Waals surface area contributed by atoms with Gasteiger partial charge in [-0.1, -0.05) is 35.5 Å². The number of aryl methyl sites for hydroxylation is 2. The summed E-state index contributed by atoms with van der Waals surface area (Å²) >= 11 is 0. The van der Waals surface area contributed by atoms with Crippen molar-refractivity contribution < 1.29 is 9.32 Å². The van der Waals surface area contributed by atoms with Crippen LogP contribution in [0.4, 0.5) is 0 Å². The number of amides is 1. The van der Waals surface area contributed by atoms with Crippen LogP contribution in [0.1, 0.15) is 41.8 Å². The molecule has 0 atom stereocenters. The second-order valence-electron chi connectivity index (χ2n) is 6.82. The maximum absolute atomic E-state index is 12.5. The molecule has 0 bridgehead atoms. The van der Waals surface area contributed by atoms with Gasteiger partial charge in [-0.25, -0.2) is 0 Å². The molecule has 0 unspecified atom stereocenters. The SMILES string of the molecule is Cc1noc(C)c1CCC(=O)N1CCC(Cc2ccccc2)CC1. The van der Waals surface area contributed by atoms with E-state index in [1.54, 1.807) is 0 Å². The van der Waals surface area contributed by atoms with E-state index in [0.717, 1.165) is 55.8 Å². The number of likely N-dealkylation sites (tertiary alicyclic amines) is 1. The van der Waals surface area contributed by atoms with Crippen molar-refractivity contribution in [1.29, 1.82) is 0 Å². The smallest absolute Gasteiger partial charge is 0.222 e. The summed E-state index contributed by atoms with van der Waals surface area (Å²) < 4.78 is 5.17. The first-order valence-electron chi connectivity index (χ1n) is 8.87. The van der Waals surface area contributed by atoms with E-state index in [9.17, 15) is 4.79 Å². The first kappa shape index (κ1) is 16.7. The summed E-state index contributed by atoms with van der Waals surface area (Å²) in [7, 11) is 0. The van der Waals surface area contributed by atoms with Gasteiger partial charge in [-0.2, -0.15) is 0 Å². The van der Waals surface area contributed by atoms with Crippen molar-refractivity contribution in [2.24, 2.45) is 5.92 Å². The van der Waals surface area contributed by atoms with Gasteiger partial charge in [-0.05, 0) is 51.0 Å². The average Bonchev–Trinajstić information content (AvgIpc) is 2.92. The molecule has 0 saturated carbocycles. The van der Waals surface area contributed by atoms with Gasteiger partial charge in [0.25, 0.3) is 0 Å². The molecule has 4 nitrogen and oxygen atoms in total. The molecule has 0 spiro atoms. The van der Waals surface area contributed by atoms with Crippen LogP contribution in [0.2, 0.25) is 0 Å². The number of carbonyl (C=O) groups is 1. The van der Waals surface area contributed by atoms with Crippen molar-refractivity contribution in [2.45, 2.75) is 46.0 Å². The molecular formula is C20H26N2O2. The molecule has 1 fully saturated rings. The summed E-state index contributed by atoms with van der Waals surface area (Å²) in [6, 6.07) is 10.7. The Labute approximate surface area is 143 Å². The second kappa shape index (κ2) is 7.65. The van der Waals surface area contributed by atoms with E-state index >= 15 is 0 Å². The zero-order valence-corrected chi connectivity index (χ0v) is 14.6. The molecule has 1 aliphatic rings. The zero-order valence-electron chi connectivity index (χ0n) is 14.6. The fourth-order valence-electron chi connectivity index (χ4n) is 3.58. The summed E-state index contributed by atoms with van der Waals surface area (Å²) in [5, 5.41) is 3.96. The molecule has 1 aromatic heterocycles. The number of aromatic nitrogens is 1. The maximum Gasteiger partial charge on any atom is 0.222 e. The van der Waals surface area contributed by atoms with Crippen molar-refractivity contribution in [3.8, 4) is 0 Å². The topological polar surface area (TPSA) is 46.3 Å². The van der Waals surface area contributed by atoms with E-state index in [4.69, 9.17) is 4.52 Å². The minimum absolute atomic E-state index is 0.258. The fraction of sp³-hybridized carbons (Fsp3) is 0.500. The Balaban J connectivity index is 1.45. The van der Waals surface area contributed by atoms with E-state index < -0.39 is 0 Å². The molecule has 0 N–H and O–H groups in total. The molecule has 2 heterocycles. The van der Waals surface area contributed by atoms with Gasteiger partial charge < -0.3 is 9.42 Å². The Morgan fingerprint density at radius 3 is 2.54 bits per heavy atom. The van der Waals surface area contributed by atoms with Crippen LogP contribution >= 0.6 is 0 Å². The van der Waals surface area contributed by atoms with Crippen LogP contribution in [0.3, 0.4) is 0 Å². The number of piperidine rings is 1. The van der Waals surface area contributed by atoms with E-state index in [1.165, 1.54) is 5.56 Å². The van der Waals surface area contributed by atoms with Gasteiger partial charge in [0.05, 0.1) is 5.69 Å². The minimum Gasteiger partial charge on any atom is -0.361 e. The Kier molecular flexibility index (Phi) is 5.34. The molecule has 1 aliphatic heterocycles. The highest BCUT2D eigenvalue weighted by atomic mass is 16.5. The highest BCUT2D eigenvalue weighted by Crippen LogP contribution is 2.23.